The van der Waals surface area contributed by atoms with E-state index in [4.69, 9.17) is 4.74 Å². The van der Waals surface area contributed by atoms with Crippen molar-refractivity contribution < 1.29 is 9.53 Å². The van der Waals surface area contributed by atoms with Crippen LogP contribution in [0.4, 0.5) is 5.13 Å². The molecule has 4 rings (SSSR count). The minimum Gasteiger partial charge on any atom is -0.484 e. The van der Waals surface area contributed by atoms with Gasteiger partial charge in [-0.25, -0.2) is 0 Å². The molecule has 1 N–H and O–H groups in total. The van der Waals surface area contributed by atoms with Crippen molar-refractivity contribution in [1.82, 2.24) is 19.8 Å². The average Bonchev–Trinajstić information content (AvgIpc) is 3.20. The van der Waals surface area contributed by atoms with Gasteiger partial charge in [0.2, 0.25) is 10.1 Å². The fourth-order valence-electron chi connectivity index (χ4n) is 2.76. The minimum atomic E-state index is -0.277. The maximum absolute atomic E-state index is 12.2. The van der Waals surface area contributed by atoms with Gasteiger partial charge < -0.3 is 4.74 Å². The summed E-state index contributed by atoms with van der Waals surface area (Å²) in [6.07, 6.45) is 0. The molecule has 1 amide bonds. The van der Waals surface area contributed by atoms with Crippen molar-refractivity contribution in [2.75, 3.05) is 11.9 Å². The molecule has 0 bridgehead atoms. The first-order valence-electron chi connectivity index (χ1n) is 8.37. The second-order valence-electron chi connectivity index (χ2n) is 6.15. The molecule has 0 aliphatic rings. The topological polar surface area (TPSA) is 81.4 Å². The minimum absolute atomic E-state index is 0.0887. The Kier molecular flexibility index (Phi) is 4.55. The van der Waals surface area contributed by atoms with Crippen molar-refractivity contribution in [3.05, 3.63) is 59.7 Å². The van der Waals surface area contributed by atoms with E-state index >= 15 is 0 Å². The van der Waals surface area contributed by atoms with Gasteiger partial charge in [-0.05, 0) is 37.1 Å². The number of benzene rings is 2. The van der Waals surface area contributed by atoms with Crippen molar-refractivity contribution in [2.24, 2.45) is 0 Å². The summed E-state index contributed by atoms with van der Waals surface area (Å²) in [7, 11) is 0. The molecule has 0 saturated heterocycles. The lowest BCUT2D eigenvalue weighted by atomic mass is 10.1. The lowest BCUT2D eigenvalue weighted by molar-refractivity contribution is -0.118. The number of amides is 1. The third-order valence-electron chi connectivity index (χ3n) is 3.83. The summed E-state index contributed by atoms with van der Waals surface area (Å²) in [5.41, 5.74) is 3.09. The Bertz CT molecular complexity index is 1080. The second-order valence-corrected chi connectivity index (χ2v) is 7.11. The first kappa shape index (κ1) is 17.2. The van der Waals surface area contributed by atoms with Crippen LogP contribution in [0, 0.1) is 13.8 Å². The molecule has 2 aromatic carbocycles. The van der Waals surface area contributed by atoms with Crippen LogP contribution in [-0.4, -0.2) is 32.3 Å². The van der Waals surface area contributed by atoms with Gasteiger partial charge in [0.15, 0.2) is 12.4 Å². The Labute approximate surface area is 159 Å². The SMILES string of the molecule is Cc1cc(C)cc(OCC(=O)Nc2nn3c(-c4ccccc4)nnc3s2)c1. The monoisotopic (exact) mass is 379 g/mol. The maximum Gasteiger partial charge on any atom is 0.264 e. The number of hydrogen-bond donors (Lipinski definition) is 1. The molecule has 0 spiro atoms. The Morgan fingerprint density at radius 1 is 1.11 bits per heavy atom. The number of carbonyl (C=O) groups excluding carboxylic acids is 1. The Morgan fingerprint density at radius 3 is 2.59 bits per heavy atom. The Balaban J connectivity index is 1.45. The van der Waals surface area contributed by atoms with Crippen molar-refractivity contribution in [1.29, 1.82) is 0 Å². The predicted octanol–water partition coefficient (Wildman–Crippen LogP) is 3.49. The van der Waals surface area contributed by atoms with E-state index in [-0.39, 0.29) is 12.5 Å². The van der Waals surface area contributed by atoms with Gasteiger partial charge in [-0.15, -0.1) is 15.3 Å². The number of anilines is 1. The van der Waals surface area contributed by atoms with Crippen molar-refractivity contribution >= 4 is 27.3 Å². The Morgan fingerprint density at radius 2 is 1.85 bits per heavy atom. The van der Waals surface area contributed by atoms with Gasteiger partial charge in [-0.3, -0.25) is 10.1 Å². The van der Waals surface area contributed by atoms with Crippen LogP contribution in [-0.2, 0) is 4.79 Å². The summed E-state index contributed by atoms with van der Waals surface area (Å²) in [5.74, 6) is 1.03. The Hall–Kier alpha value is -3.26. The largest absolute Gasteiger partial charge is 0.484 e. The summed E-state index contributed by atoms with van der Waals surface area (Å²) >= 11 is 1.26. The molecule has 0 aliphatic heterocycles. The quantitative estimate of drug-likeness (QED) is 0.574. The smallest absolute Gasteiger partial charge is 0.264 e. The van der Waals surface area contributed by atoms with Crippen LogP contribution < -0.4 is 10.1 Å². The van der Waals surface area contributed by atoms with Gasteiger partial charge in [0.25, 0.3) is 5.91 Å². The molecule has 7 nitrogen and oxygen atoms in total. The molecule has 0 aliphatic carbocycles. The number of aromatic nitrogens is 4. The number of carbonyl (C=O) groups is 1. The van der Waals surface area contributed by atoms with Crippen LogP contribution in [0.1, 0.15) is 11.1 Å². The van der Waals surface area contributed by atoms with E-state index in [0.717, 1.165) is 16.7 Å². The summed E-state index contributed by atoms with van der Waals surface area (Å²) in [4.78, 5) is 12.8. The molecule has 0 radical (unpaired) electrons. The second kappa shape index (κ2) is 7.16. The van der Waals surface area contributed by atoms with E-state index in [1.807, 2.05) is 56.3 Å². The summed E-state index contributed by atoms with van der Waals surface area (Å²) < 4.78 is 7.21. The molecule has 27 heavy (non-hydrogen) atoms. The molecule has 0 unspecified atom stereocenters. The standard InChI is InChI=1S/C19H17N5O2S/c1-12-8-13(2)10-15(9-12)26-11-16(25)20-18-23-24-17(21-22-19(24)27-18)14-6-4-3-5-7-14/h3-10H,11H2,1-2H3,(H,20,23,25). The van der Waals surface area contributed by atoms with Crippen LogP contribution in [0.5, 0.6) is 5.75 Å². The number of hydrogen-bond acceptors (Lipinski definition) is 6. The first-order chi connectivity index (χ1) is 13.1. The molecule has 8 heteroatoms. The molecular weight excluding hydrogens is 362 g/mol. The van der Waals surface area contributed by atoms with E-state index in [2.05, 4.69) is 26.7 Å². The first-order valence-corrected chi connectivity index (χ1v) is 9.19. The van der Waals surface area contributed by atoms with E-state index in [1.165, 1.54) is 11.3 Å². The summed E-state index contributed by atoms with van der Waals surface area (Å²) in [6, 6.07) is 15.5. The average molecular weight is 379 g/mol. The summed E-state index contributed by atoms with van der Waals surface area (Å²) in [6.45, 7) is 3.89. The van der Waals surface area contributed by atoms with E-state index in [9.17, 15) is 4.79 Å². The fraction of sp³-hybridized carbons (Fsp3) is 0.158. The fourth-order valence-corrected chi connectivity index (χ4v) is 3.51. The van der Waals surface area contributed by atoms with Crippen molar-refractivity contribution in [3.8, 4) is 17.1 Å². The number of ether oxygens (including phenoxy) is 1. The molecule has 2 aromatic heterocycles. The van der Waals surface area contributed by atoms with Crippen LogP contribution in [0.3, 0.4) is 0 Å². The molecule has 4 aromatic rings. The van der Waals surface area contributed by atoms with Gasteiger partial charge in [0.1, 0.15) is 5.75 Å². The van der Waals surface area contributed by atoms with Gasteiger partial charge >= 0.3 is 0 Å². The molecule has 0 saturated carbocycles. The molecule has 0 fully saturated rings. The molecule has 136 valence electrons. The van der Waals surface area contributed by atoms with Crippen LogP contribution in [0.25, 0.3) is 16.3 Å². The maximum atomic E-state index is 12.2. The van der Waals surface area contributed by atoms with Crippen LogP contribution >= 0.6 is 11.3 Å². The highest BCUT2D eigenvalue weighted by Crippen LogP contribution is 2.24. The zero-order chi connectivity index (χ0) is 18.8. The number of nitrogens with zero attached hydrogens (tertiary/aromatic N) is 4. The van der Waals surface area contributed by atoms with Gasteiger partial charge in [-0.1, -0.05) is 47.7 Å². The third-order valence-corrected chi connectivity index (χ3v) is 4.65. The summed E-state index contributed by atoms with van der Waals surface area (Å²) in [5, 5.41) is 15.9. The zero-order valence-corrected chi connectivity index (χ0v) is 15.7. The highest BCUT2D eigenvalue weighted by Gasteiger charge is 2.15. The van der Waals surface area contributed by atoms with Crippen LogP contribution in [0.2, 0.25) is 0 Å². The van der Waals surface area contributed by atoms with Crippen molar-refractivity contribution in [3.63, 3.8) is 0 Å². The van der Waals surface area contributed by atoms with E-state index < -0.39 is 0 Å². The highest BCUT2D eigenvalue weighted by atomic mass is 32.1. The van der Waals surface area contributed by atoms with Gasteiger partial charge in [0.05, 0.1) is 0 Å². The van der Waals surface area contributed by atoms with E-state index in [1.54, 1.807) is 4.52 Å². The normalized spacial score (nSPS) is 10.9. The predicted molar refractivity (Wildman–Crippen MR) is 104 cm³/mol. The number of rotatable bonds is 5. The van der Waals surface area contributed by atoms with E-state index in [0.29, 0.717) is 21.7 Å². The number of aryl methyl sites for hydroxylation is 2. The molecule has 2 heterocycles. The highest BCUT2D eigenvalue weighted by molar-refractivity contribution is 7.20. The number of nitrogens with one attached hydrogen (secondary N) is 1. The lowest BCUT2D eigenvalue weighted by Gasteiger charge is -2.07. The number of fused-ring (bicyclic) bond motifs is 1. The third kappa shape index (κ3) is 3.80. The van der Waals surface area contributed by atoms with Crippen molar-refractivity contribution in [2.45, 2.75) is 13.8 Å². The van der Waals surface area contributed by atoms with Crippen LogP contribution in [0.15, 0.2) is 48.5 Å². The molecule has 0 atom stereocenters. The lowest BCUT2D eigenvalue weighted by Crippen LogP contribution is -2.20. The van der Waals surface area contributed by atoms with Gasteiger partial charge in [0, 0.05) is 5.56 Å². The molecular formula is C19H17N5O2S. The van der Waals surface area contributed by atoms with Gasteiger partial charge in [-0.2, -0.15) is 4.52 Å². The zero-order valence-electron chi connectivity index (χ0n) is 14.8.